The lowest BCUT2D eigenvalue weighted by molar-refractivity contribution is -0.141. The Morgan fingerprint density at radius 2 is 2.05 bits per heavy atom. The van der Waals surface area contributed by atoms with Crippen molar-refractivity contribution in [3.8, 4) is 5.75 Å². The van der Waals surface area contributed by atoms with Crippen molar-refractivity contribution < 1.29 is 19.8 Å². The van der Waals surface area contributed by atoms with Crippen LogP contribution in [0.5, 0.6) is 5.75 Å². The van der Waals surface area contributed by atoms with Crippen molar-refractivity contribution in [2.24, 2.45) is 5.92 Å². The second-order valence-corrected chi connectivity index (χ2v) is 4.94. The SMILES string of the molecule is CC(CCCC(C)C(=O)O)NC(=O)c1ccncc1O. The van der Waals surface area contributed by atoms with Gasteiger partial charge >= 0.3 is 5.97 Å². The average Bonchev–Trinajstić information content (AvgIpc) is 2.38. The number of nitrogens with one attached hydrogen (secondary N) is 1. The Labute approximate surface area is 117 Å². The van der Waals surface area contributed by atoms with Crippen LogP contribution in [0.4, 0.5) is 0 Å². The number of aromatic nitrogens is 1. The van der Waals surface area contributed by atoms with Crippen LogP contribution in [0.25, 0.3) is 0 Å². The molecule has 6 heteroatoms. The molecule has 1 rings (SSSR count). The van der Waals surface area contributed by atoms with Crippen molar-refractivity contribution in [2.45, 2.75) is 39.2 Å². The van der Waals surface area contributed by atoms with E-state index in [4.69, 9.17) is 5.11 Å². The normalized spacial score (nSPS) is 13.5. The van der Waals surface area contributed by atoms with Crippen LogP contribution in [0.3, 0.4) is 0 Å². The molecule has 0 radical (unpaired) electrons. The standard InChI is InChI=1S/C14H20N2O4/c1-9(14(19)20)4-3-5-10(2)16-13(18)11-6-7-15-8-12(11)17/h6-10,17H,3-5H2,1-2H3,(H,16,18)(H,19,20). The molecule has 20 heavy (non-hydrogen) atoms. The van der Waals surface area contributed by atoms with Gasteiger partial charge in [0.25, 0.3) is 5.91 Å². The van der Waals surface area contributed by atoms with Gasteiger partial charge in [-0.2, -0.15) is 0 Å². The average molecular weight is 280 g/mol. The molecular formula is C14H20N2O4. The first kappa shape index (κ1) is 15.9. The molecule has 110 valence electrons. The predicted octanol–water partition coefficient (Wildman–Crippen LogP) is 1.80. The number of nitrogens with zero attached hydrogens (tertiary/aromatic N) is 1. The monoisotopic (exact) mass is 280 g/mol. The van der Waals surface area contributed by atoms with Gasteiger partial charge in [0.1, 0.15) is 5.75 Å². The molecule has 3 N–H and O–H groups in total. The zero-order chi connectivity index (χ0) is 15.1. The maximum absolute atomic E-state index is 11.9. The summed E-state index contributed by atoms with van der Waals surface area (Å²) in [6.45, 7) is 3.52. The van der Waals surface area contributed by atoms with Crippen LogP contribution in [-0.4, -0.2) is 33.1 Å². The number of carbonyl (C=O) groups is 2. The van der Waals surface area contributed by atoms with Crippen LogP contribution >= 0.6 is 0 Å². The van der Waals surface area contributed by atoms with Crippen LogP contribution in [0.15, 0.2) is 18.5 Å². The summed E-state index contributed by atoms with van der Waals surface area (Å²) in [5.74, 6) is -1.69. The number of carboxylic acids is 1. The van der Waals surface area contributed by atoms with Crippen molar-refractivity contribution in [2.75, 3.05) is 0 Å². The molecule has 2 atom stereocenters. The van der Waals surface area contributed by atoms with Gasteiger partial charge in [-0.3, -0.25) is 14.6 Å². The fourth-order valence-corrected chi connectivity index (χ4v) is 1.81. The summed E-state index contributed by atoms with van der Waals surface area (Å²) in [6, 6.07) is 1.36. The highest BCUT2D eigenvalue weighted by atomic mass is 16.4. The van der Waals surface area contributed by atoms with Crippen molar-refractivity contribution in [3.63, 3.8) is 0 Å². The molecule has 1 amide bonds. The third-order valence-electron chi connectivity index (χ3n) is 3.12. The summed E-state index contributed by atoms with van der Waals surface area (Å²) in [7, 11) is 0. The number of pyridine rings is 1. The Balaban J connectivity index is 2.39. The summed E-state index contributed by atoms with van der Waals surface area (Å²) in [5, 5.41) is 21.0. The summed E-state index contributed by atoms with van der Waals surface area (Å²) >= 11 is 0. The van der Waals surface area contributed by atoms with Gasteiger partial charge in [-0.1, -0.05) is 13.3 Å². The number of rotatable bonds is 7. The molecule has 1 aromatic heterocycles. The van der Waals surface area contributed by atoms with Gasteiger partial charge in [-0.25, -0.2) is 0 Å². The molecule has 0 spiro atoms. The Morgan fingerprint density at radius 1 is 1.35 bits per heavy atom. The molecule has 0 saturated carbocycles. The van der Waals surface area contributed by atoms with Crippen molar-refractivity contribution in [1.82, 2.24) is 10.3 Å². The van der Waals surface area contributed by atoms with E-state index in [9.17, 15) is 14.7 Å². The van der Waals surface area contributed by atoms with E-state index in [1.54, 1.807) is 6.92 Å². The summed E-state index contributed by atoms with van der Waals surface area (Å²) < 4.78 is 0. The van der Waals surface area contributed by atoms with E-state index in [1.807, 2.05) is 6.92 Å². The fraction of sp³-hybridized carbons (Fsp3) is 0.500. The van der Waals surface area contributed by atoms with E-state index in [0.29, 0.717) is 12.8 Å². The zero-order valence-corrected chi connectivity index (χ0v) is 11.7. The van der Waals surface area contributed by atoms with Crippen LogP contribution in [-0.2, 0) is 4.79 Å². The smallest absolute Gasteiger partial charge is 0.306 e. The number of hydrogen-bond acceptors (Lipinski definition) is 4. The van der Waals surface area contributed by atoms with E-state index in [0.717, 1.165) is 6.42 Å². The minimum absolute atomic E-state index is 0.0870. The van der Waals surface area contributed by atoms with Crippen LogP contribution in [0.2, 0.25) is 0 Å². The van der Waals surface area contributed by atoms with Crippen LogP contribution < -0.4 is 5.32 Å². The van der Waals surface area contributed by atoms with Gasteiger partial charge in [-0.05, 0) is 25.8 Å². The highest BCUT2D eigenvalue weighted by molar-refractivity contribution is 5.96. The molecule has 0 aliphatic carbocycles. The Bertz CT molecular complexity index is 476. The largest absolute Gasteiger partial charge is 0.505 e. The maximum Gasteiger partial charge on any atom is 0.306 e. The van der Waals surface area contributed by atoms with Gasteiger partial charge in [0.15, 0.2) is 0 Å². The van der Waals surface area contributed by atoms with Gasteiger partial charge < -0.3 is 15.5 Å². The highest BCUT2D eigenvalue weighted by Gasteiger charge is 2.15. The molecule has 6 nitrogen and oxygen atoms in total. The second-order valence-electron chi connectivity index (χ2n) is 4.94. The van der Waals surface area contributed by atoms with Crippen LogP contribution in [0.1, 0.15) is 43.5 Å². The van der Waals surface area contributed by atoms with Crippen molar-refractivity contribution in [1.29, 1.82) is 0 Å². The van der Waals surface area contributed by atoms with E-state index in [-0.39, 0.29) is 29.2 Å². The van der Waals surface area contributed by atoms with E-state index < -0.39 is 5.97 Å². The first-order chi connectivity index (χ1) is 9.41. The number of amides is 1. The number of carboxylic acid groups (broad SMARTS) is 1. The zero-order valence-electron chi connectivity index (χ0n) is 11.7. The highest BCUT2D eigenvalue weighted by Crippen LogP contribution is 2.14. The molecular weight excluding hydrogens is 260 g/mol. The quantitative estimate of drug-likeness (QED) is 0.707. The molecule has 0 aromatic carbocycles. The molecule has 0 bridgehead atoms. The fourth-order valence-electron chi connectivity index (χ4n) is 1.81. The van der Waals surface area contributed by atoms with Gasteiger partial charge in [0, 0.05) is 12.2 Å². The summed E-state index contributed by atoms with van der Waals surface area (Å²) in [4.78, 5) is 26.3. The molecule has 0 fully saturated rings. The van der Waals surface area contributed by atoms with Crippen LogP contribution in [0, 0.1) is 5.92 Å². The van der Waals surface area contributed by atoms with E-state index in [2.05, 4.69) is 10.3 Å². The second kappa shape index (κ2) is 7.47. The molecule has 1 heterocycles. The van der Waals surface area contributed by atoms with Gasteiger partial charge in [-0.15, -0.1) is 0 Å². The third-order valence-corrected chi connectivity index (χ3v) is 3.12. The number of aliphatic carboxylic acids is 1. The maximum atomic E-state index is 11.9. The lowest BCUT2D eigenvalue weighted by atomic mass is 10.0. The molecule has 0 saturated heterocycles. The molecule has 0 aliphatic rings. The summed E-state index contributed by atoms with van der Waals surface area (Å²) in [5.41, 5.74) is 0.186. The summed E-state index contributed by atoms with van der Waals surface area (Å²) in [6.07, 6.45) is 4.64. The number of hydrogen-bond donors (Lipinski definition) is 3. The molecule has 0 aliphatic heterocycles. The number of aromatic hydroxyl groups is 1. The minimum atomic E-state index is -0.802. The van der Waals surface area contributed by atoms with E-state index in [1.165, 1.54) is 18.5 Å². The van der Waals surface area contributed by atoms with Gasteiger partial charge in [0.05, 0.1) is 17.7 Å². The Kier molecular flexibility index (Phi) is 5.96. The predicted molar refractivity (Wildman–Crippen MR) is 73.5 cm³/mol. The Hall–Kier alpha value is -2.11. The first-order valence-corrected chi connectivity index (χ1v) is 6.58. The Morgan fingerprint density at radius 3 is 2.65 bits per heavy atom. The van der Waals surface area contributed by atoms with Gasteiger partial charge in [0.2, 0.25) is 0 Å². The van der Waals surface area contributed by atoms with Crippen molar-refractivity contribution in [3.05, 3.63) is 24.0 Å². The third kappa shape index (κ3) is 4.87. The van der Waals surface area contributed by atoms with E-state index >= 15 is 0 Å². The molecule has 2 unspecified atom stereocenters. The number of carbonyl (C=O) groups excluding carboxylic acids is 1. The molecule has 1 aromatic rings. The first-order valence-electron chi connectivity index (χ1n) is 6.58. The minimum Gasteiger partial charge on any atom is -0.505 e. The lowest BCUT2D eigenvalue weighted by Crippen LogP contribution is -2.32. The van der Waals surface area contributed by atoms with Crippen molar-refractivity contribution >= 4 is 11.9 Å². The topological polar surface area (TPSA) is 99.5 Å². The lowest BCUT2D eigenvalue weighted by Gasteiger charge is -2.15.